The van der Waals surface area contributed by atoms with Gasteiger partial charge in [-0.2, -0.15) is 0 Å². The van der Waals surface area contributed by atoms with Crippen LogP contribution in [0.15, 0.2) is 30.3 Å². The number of hydrogen-bond acceptors (Lipinski definition) is 6. The molecule has 0 fully saturated rings. The zero-order chi connectivity index (χ0) is 18.7. The topological polar surface area (TPSA) is 69.7 Å². The minimum atomic E-state index is -0.270. The Balaban J connectivity index is 1.69. The van der Waals surface area contributed by atoms with Gasteiger partial charge in [0.05, 0.1) is 18.9 Å². The molecule has 1 aromatic heterocycles. The second-order valence-electron chi connectivity index (χ2n) is 5.78. The molecule has 0 aliphatic rings. The van der Waals surface area contributed by atoms with E-state index in [-0.39, 0.29) is 12.5 Å². The van der Waals surface area contributed by atoms with E-state index in [1.807, 2.05) is 38.1 Å². The largest absolute Gasteiger partial charge is 0.497 e. The van der Waals surface area contributed by atoms with Crippen molar-refractivity contribution >= 4 is 32.6 Å². The van der Waals surface area contributed by atoms with E-state index < -0.39 is 0 Å². The maximum Gasteiger partial charge on any atom is 0.264 e. The maximum absolute atomic E-state index is 12.2. The van der Waals surface area contributed by atoms with Crippen molar-refractivity contribution in [1.82, 2.24) is 4.98 Å². The van der Waals surface area contributed by atoms with E-state index in [1.54, 1.807) is 20.3 Å². The molecular weight excluding hydrogens is 352 g/mol. The van der Waals surface area contributed by atoms with Gasteiger partial charge in [0.15, 0.2) is 11.7 Å². The standard InChI is InChI=1S/C19H20N2O4S/c1-11-5-6-13(7-12(11)2)25-10-17(22)20-19-21-18-15(24-4)8-14(23-3)9-16(18)26-19/h5-9H,10H2,1-4H3,(H,20,21,22). The van der Waals surface area contributed by atoms with Gasteiger partial charge in [-0.15, -0.1) is 0 Å². The molecule has 2 aromatic carbocycles. The van der Waals surface area contributed by atoms with E-state index in [4.69, 9.17) is 14.2 Å². The molecule has 26 heavy (non-hydrogen) atoms. The summed E-state index contributed by atoms with van der Waals surface area (Å²) in [4.78, 5) is 16.6. The maximum atomic E-state index is 12.2. The Bertz CT molecular complexity index is 952. The fourth-order valence-corrected chi connectivity index (χ4v) is 3.34. The molecule has 0 saturated heterocycles. The lowest BCUT2D eigenvalue weighted by molar-refractivity contribution is -0.118. The summed E-state index contributed by atoms with van der Waals surface area (Å²) >= 11 is 1.35. The van der Waals surface area contributed by atoms with Crippen LogP contribution in [0.5, 0.6) is 17.2 Å². The van der Waals surface area contributed by atoms with Crippen molar-refractivity contribution in [1.29, 1.82) is 0 Å². The third-order valence-corrected chi connectivity index (χ3v) is 4.90. The van der Waals surface area contributed by atoms with E-state index in [0.717, 1.165) is 10.3 Å². The molecular formula is C19H20N2O4S. The summed E-state index contributed by atoms with van der Waals surface area (Å²) in [6.07, 6.45) is 0. The van der Waals surface area contributed by atoms with Crippen molar-refractivity contribution in [2.45, 2.75) is 13.8 Å². The molecule has 0 atom stereocenters. The monoisotopic (exact) mass is 372 g/mol. The van der Waals surface area contributed by atoms with Crippen LogP contribution in [0.2, 0.25) is 0 Å². The van der Waals surface area contributed by atoms with Gasteiger partial charge in [-0.05, 0) is 43.2 Å². The first-order chi connectivity index (χ1) is 12.5. The van der Waals surface area contributed by atoms with Crippen LogP contribution in [-0.4, -0.2) is 31.7 Å². The SMILES string of the molecule is COc1cc(OC)c2nc(NC(=O)COc3ccc(C)c(C)c3)sc2c1. The molecule has 0 radical (unpaired) electrons. The molecule has 0 spiro atoms. The van der Waals surface area contributed by atoms with Gasteiger partial charge in [-0.1, -0.05) is 17.4 Å². The van der Waals surface area contributed by atoms with Crippen molar-refractivity contribution in [2.75, 3.05) is 26.1 Å². The third kappa shape index (κ3) is 3.88. The fourth-order valence-electron chi connectivity index (χ4n) is 2.41. The van der Waals surface area contributed by atoms with Gasteiger partial charge in [-0.3, -0.25) is 10.1 Å². The van der Waals surface area contributed by atoms with Crippen LogP contribution in [-0.2, 0) is 4.79 Å². The minimum Gasteiger partial charge on any atom is -0.497 e. The smallest absolute Gasteiger partial charge is 0.264 e. The molecule has 136 valence electrons. The first kappa shape index (κ1) is 18.0. The Labute approximate surface area is 155 Å². The van der Waals surface area contributed by atoms with Crippen molar-refractivity contribution in [3.05, 3.63) is 41.5 Å². The number of nitrogens with one attached hydrogen (secondary N) is 1. The van der Waals surface area contributed by atoms with Crippen LogP contribution in [0.3, 0.4) is 0 Å². The molecule has 6 nitrogen and oxygen atoms in total. The fraction of sp³-hybridized carbons (Fsp3) is 0.263. The second kappa shape index (κ2) is 7.61. The highest BCUT2D eigenvalue weighted by atomic mass is 32.1. The van der Waals surface area contributed by atoms with Gasteiger partial charge >= 0.3 is 0 Å². The third-order valence-electron chi connectivity index (χ3n) is 3.98. The van der Waals surface area contributed by atoms with Gasteiger partial charge in [0.25, 0.3) is 5.91 Å². The Morgan fingerprint density at radius 2 is 1.88 bits per heavy atom. The number of aromatic nitrogens is 1. The van der Waals surface area contributed by atoms with Crippen LogP contribution in [0.4, 0.5) is 5.13 Å². The summed E-state index contributed by atoms with van der Waals surface area (Å²) in [6, 6.07) is 9.35. The van der Waals surface area contributed by atoms with Gasteiger partial charge in [0.1, 0.15) is 22.8 Å². The minimum absolute atomic E-state index is 0.0844. The van der Waals surface area contributed by atoms with Gasteiger partial charge in [0.2, 0.25) is 0 Å². The Kier molecular flexibility index (Phi) is 5.27. The summed E-state index contributed by atoms with van der Waals surface area (Å²) < 4.78 is 17.0. The number of carbonyl (C=O) groups is 1. The van der Waals surface area contributed by atoms with Gasteiger partial charge in [0, 0.05) is 6.07 Å². The summed E-state index contributed by atoms with van der Waals surface area (Å²) in [7, 11) is 3.16. The van der Waals surface area contributed by atoms with Crippen molar-refractivity contribution in [3.8, 4) is 17.2 Å². The van der Waals surface area contributed by atoms with Crippen LogP contribution >= 0.6 is 11.3 Å². The number of aryl methyl sites for hydroxylation is 2. The predicted octanol–water partition coefficient (Wildman–Crippen LogP) is 3.95. The summed E-state index contributed by atoms with van der Waals surface area (Å²) in [5.74, 6) is 1.67. The lowest BCUT2D eigenvalue weighted by atomic mass is 10.1. The molecule has 0 saturated carbocycles. The molecule has 3 aromatic rings. The number of amides is 1. The molecule has 0 bridgehead atoms. The van der Waals surface area contributed by atoms with Crippen molar-refractivity contribution < 1.29 is 19.0 Å². The van der Waals surface area contributed by atoms with Crippen LogP contribution < -0.4 is 19.5 Å². The molecule has 0 aliphatic heterocycles. The second-order valence-corrected chi connectivity index (χ2v) is 6.81. The number of benzene rings is 2. The van der Waals surface area contributed by atoms with E-state index in [0.29, 0.717) is 27.9 Å². The summed E-state index contributed by atoms with van der Waals surface area (Å²) in [6.45, 7) is 3.95. The lowest BCUT2D eigenvalue weighted by Gasteiger charge is -2.07. The quantitative estimate of drug-likeness (QED) is 0.709. The number of methoxy groups -OCH3 is 2. The molecule has 1 amide bonds. The predicted molar refractivity (Wildman–Crippen MR) is 103 cm³/mol. The highest BCUT2D eigenvalue weighted by Crippen LogP contribution is 2.36. The molecule has 7 heteroatoms. The average Bonchev–Trinajstić information content (AvgIpc) is 3.03. The molecule has 0 aliphatic carbocycles. The first-order valence-electron chi connectivity index (χ1n) is 8.02. The number of ether oxygens (including phenoxy) is 3. The molecule has 1 N–H and O–H groups in total. The average molecular weight is 372 g/mol. The number of fused-ring (bicyclic) bond motifs is 1. The molecule has 3 rings (SSSR count). The zero-order valence-corrected chi connectivity index (χ0v) is 15.9. The zero-order valence-electron chi connectivity index (χ0n) is 15.1. The van der Waals surface area contributed by atoms with E-state index in [9.17, 15) is 4.79 Å². The molecule has 0 unspecified atom stereocenters. The number of rotatable bonds is 6. The highest BCUT2D eigenvalue weighted by molar-refractivity contribution is 7.22. The number of carbonyl (C=O) groups excluding carboxylic acids is 1. The Hall–Kier alpha value is -2.80. The van der Waals surface area contributed by atoms with Crippen LogP contribution in [0.1, 0.15) is 11.1 Å². The Morgan fingerprint density at radius 1 is 1.08 bits per heavy atom. The summed E-state index contributed by atoms with van der Waals surface area (Å²) in [5.41, 5.74) is 2.99. The van der Waals surface area contributed by atoms with Crippen molar-refractivity contribution in [3.63, 3.8) is 0 Å². The van der Waals surface area contributed by atoms with E-state index >= 15 is 0 Å². The lowest BCUT2D eigenvalue weighted by Crippen LogP contribution is -2.20. The van der Waals surface area contributed by atoms with E-state index in [1.165, 1.54) is 16.9 Å². The number of hydrogen-bond donors (Lipinski definition) is 1. The van der Waals surface area contributed by atoms with Gasteiger partial charge in [-0.25, -0.2) is 4.98 Å². The van der Waals surface area contributed by atoms with Crippen LogP contribution in [0, 0.1) is 13.8 Å². The van der Waals surface area contributed by atoms with Crippen molar-refractivity contribution in [2.24, 2.45) is 0 Å². The Morgan fingerprint density at radius 3 is 2.58 bits per heavy atom. The number of anilines is 1. The summed E-state index contributed by atoms with van der Waals surface area (Å²) in [5, 5.41) is 3.25. The highest BCUT2D eigenvalue weighted by Gasteiger charge is 2.13. The van der Waals surface area contributed by atoms with E-state index in [2.05, 4.69) is 10.3 Å². The first-order valence-corrected chi connectivity index (χ1v) is 8.84. The molecule has 1 heterocycles. The van der Waals surface area contributed by atoms with Crippen LogP contribution in [0.25, 0.3) is 10.2 Å². The van der Waals surface area contributed by atoms with Gasteiger partial charge < -0.3 is 14.2 Å². The normalized spacial score (nSPS) is 10.6. The number of thiazole rings is 1. The number of nitrogens with zero attached hydrogens (tertiary/aromatic N) is 1.